The number of urea groups is 1. The molecule has 0 radical (unpaired) electrons. The van der Waals surface area contributed by atoms with Crippen molar-refractivity contribution in [3.05, 3.63) is 30.1 Å². The molecule has 108 valence electrons. The van der Waals surface area contributed by atoms with Gasteiger partial charge in [0.1, 0.15) is 0 Å². The molecule has 1 fully saturated rings. The Morgan fingerprint density at radius 2 is 2.40 bits per heavy atom. The van der Waals surface area contributed by atoms with Gasteiger partial charge in [0.05, 0.1) is 13.2 Å². The fourth-order valence-electron chi connectivity index (χ4n) is 2.01. The number of nitrogens with one attached hydrogen (secondary N) is 1. The molecule has 1 aliphatic rings. The highest BCUT2D eigenvalue weighted by Gasteiger charge is 2.32. The maximum absolute atomic E-state index is 12.0. The Bertz CT molecular complexity index is 466. The number of nitrogens with zero attached hydrogens (tertiary/aromatic N) is 2. The summed E-state index contributed by atoms with van der Waals surface area (Å²) >= 11 is 0. The summed E-state index contributed by atoms with van der Waals surface area (Å²) in [5.41, 5.74) is 1.02. The van der Waals surface area contributed by atoms with Crippen molar-refractivity contribution < 1.29 is 19.4 Å². The average molecular weight is 279 g/mol. The maximum Gasteiger partial charge on any atom is 0.328 e. The smallest absolute Gasteiger partial charge is 0.328 e. The van der Waals surface area contributed by atoms with Crippen LogP contribution in [-0.2, 0) is 16.0 Å². The van der Waals surface area contributed by atoms with Gasteiger partial charge in [-0.25, -0.2) is 9.59 Å². The molecule has 7 heteroatoms. The minimum absolute atomic E-state index is 0.0331. The van der Waals surface area contributed by atoms with Gasteiger partial charge in [-0.2, -0.15) is 0 Å². The molecular weight excluding hydrogens is 262 g/mol. The minimum atomic E-state index is -1.05. The van der Waals surface area contributed by atoms with Crippen molar-refractivity contribution in [1.29, 1.82) is 0 Å². The summed E-state index contributed by atoms with van der Waals surface area (Å²) in [5.74, 6) is -1.05. The molecule has 20 heavy (non-hydrogen) atoms. The lowest BCUT2D eigenvalue weighted by molar-refractivity contribution is -0.147. The van der Waals surface area contributed by atoms with Crippen LogP contribution in [-0.4, -0.2) is 59.3 Å². The molecule has 1 saturated heterocycles. The van der Waals surface area contributed by atoms with E-state index >= 15 is 0 Å². The van der Waals surface area contributed by atoms with Gasteiger partial charge in [0.25, 0.3) is 0 Å². The fraction of sp³-hybridized carbons (Fsp3) is 0.462. The van der Waals surface area contributed by atoms with Crippen LogP contribution in [0.3, 0.4) is 0 Å². The number of carbonyl (C=O) groups is 2. The van der Waals surface area contributed by atoms with E-state index in [4.69, 9.17) is 9.84 Å². The summed E-state index contributed by atoms with van der Waals surface area (Å²) in [6, 6.07) is 2.47. The van der Waals surface area contributed by atoms with E-state index in [9.17, 15) is 9.59 Å². The Morgan fingerprint density at radius 1 is 1.55 bits per heavy atom. The number of aliphatic carboxylic acids is 1. The van der Waals surface area contributed by atoms with Crippen molar-refractivity contribution in [2.75, 3.05) is 26.3 Å². The molecule has 1 aromatic rings. The second kappa shape index (κ2) is 6.85. The molecule has 0 bridgehead atoms. The van der Waals surface area contributed by atoms with Crippen molar-refractivity contribution in [3.63, 3.8) is 0 Å². The third kappa shape index (κ3) is 3.67. The van der Waals surface area contributed by atoms with Crippen LogP contribution in [0.15, 0.2) is 24.5 Å². The van der Waals surface area contributed by atoms with Gasteiger partial charge < -0.3 is 20.1 Å². The molecule has 1 aromatic heterocycles. The van der Waals surface area contributed by atoms with E-state index in [0.717, 1.165) is 5.56 Å². The first-order chi connectivity index (χ1) is 9.68. The molecule has 2 rings (SSSR count). The van der Waals surface area contributed by atoms with E-state index in [2.05, 4.69) is 10.3 Å². The molecule has 1 unspecified atom stereocenters. The molecule has 1 aliphatic heterocycles. The van der Waals surface area contributed by atoms with E-state index in [1.165, 1.54) is 4.90 Å². The van der Waals surface area contributed by atoms with Gasteiger partial charge in [0, 0.05) is 25.5 Å². The number of pyridine rings is 1. The van der Waals surface area contributed by atoms with Crippen LogP contribution in [0.2, 0.25) is 0 Å². The Labute approximate surface area is 116 Å². The van der Waals surface area contributed by atoms with Crippen LogP contribution in [0.5, 0.6) is 0 Å². The van der Waals surface area contributed by atoms with Gasteiger partial charge in [-0.15, -0.1) is 0 Å². The van der Waals surface area contributed by atoms with Gasteiger partial charge >= 0.3 is 12.0 Å². The number of carboxylic acid groups (broad SMARTS) is 1. The Hall–Kier alpha value is -2.15. The number of morpholine rings is 1. The molecule has 0 spiro atoms. The summed E-state index contributed by atoms with van der Waals surface area (Å²) in [7, 11) is 0. The zero-order valence-electron chi connectivity index (χ0n) is 11.0. The topological polar surface area (TPSA) is 91.8 Å². The number of carboxylic acids is 1. The highest BCUT2D eigenvalue weighted by molar-refractivity contribution is 5.83. The lowest BCUT2D eigenvalue weighted by Gasteiger charge is -2.32. The lowest BCUT2D eigenvalue weighted by atomic mass is 10.2. The minimum Gasteiger partial charge on any atom is -0.480 e. The van der Waals surface area contributed by atoms with E-state index in [1.54, 1.807) is 12.4 Å². The van der Waals surface area contributed by atoms with Gasteiger partial charge in [-0.1, -0.05) is 6.07 Å². The largest absolute Gasteiger partial charge is 0.480 e. The number of carbonyl (C=O) groups excluding carboxylic acids is 1. The SMILES string of the molecule is O=C(O)C1COCCN1C(=O)NCCc1cccnc1. The van der Waals surface area contributed by atoms with Gasteiger partial charge in [0.15, 0.2) is 6.04 Å². The first-order valence-corrected chi connectivity index (χ1v) is 6.42. The first-order valence-electron chi connectivity index (χ1n) is 6.42. The molecule has 0 aliphatic carbocycles. The number of amides is 2. The third-order valence-electron chi connectivity index (χ3n) is 3.09. The number of ether oxygens (including phenoxy) is 1. The number of hydrogen-bond donors (Lipinski definition) is 2. The summed E-state index contributed by atoms with van der Waals surface area (Å²) in [6.07, 6.45) is 4.08. The standard InChI is InChI=1S/C13H17N3O4/c17-12(18)11-9-20-7-6-16(11)13(19)15-5-3-10-2-1-4-14-8-10/h1-2,4,8,11H,3,5-7,9H2,(H,15,19)(H,17,18). The van der Waals surface area contributed by atoms with Crippen molar-refractivity contribution in [3.8, 4) is 0 Å². The Morgan fingerprint density at radius 3 is 3.10 bits per heavy atom. The monoisotopic (exact) mass is 279 g/mol. The number of aromatic nitrogens is 1. The van der Waals surface area contributed by atoms with Crippen LogP contribution in [0.1, 0.15) is 5.56 Å². The van der Waals surface area contributed by atoms with Gasteiger partial charge in [-0.3, -0.25) is 4.98 Å². The summed E-state index contributed by atoms with van der Waals surface area (Å²) in [5, 5.41) is 11.8. The van der Waals surface area contributed by atoms with E-state index in [0.29, 0.717) is 19.6 Å². The predicted molar refractivity (Wildman–Crippen MR) is 70.3 cm³/mol. The summed E-state index contributed by atoms with van der Waals surface area (Å²) < 4.78 is 5.09. The molecule has 1 atom stereocenters. The van der Waals surface area contributed by atoms with E-state index in [1.807, 2.05) is 12.1 Å². The molecule has 2 heterocycles. The normalized spacial score (nSPS) is 18.6. The van der Waals surface area contributed by atoms with Crippen LogP contribution >= 0.6 is 0 Å². The van der Waals surface area contributed by atoms with Crippen molar-refractivity contribution in [2.24, 2.45) is 0 Å². The second-order valence-corrected chi connectivity index (χ2v) is 4.47. The highest BCUT2D eigenvalue weighted by Crippen LogP contribution is 2.07. The zero-order valence-corrected chi connectivity index (χ0v) is 11.0. The zero-order chi connectivity index (χ0) is 14.4. The number of hydrogen-bond acceptors (Lipinski definition) is 4. The van der Waals surface area contributed by atoms with E-state index in [-0.39, 0.29) is 19.2 Å². The molecule has 7 nitrogen and oxygen atoms in total. The van der Waals surface area contributed by atoms with Crippen molar-refractivity contribution in [1.82, 2.24) is 15.2 Å². The summed E-state index contributed by atoms with van der Waals surface area (Å²) in [6.45, 7) is 1.12. The third-order valence-corrected chi connectivity index (χ3v) is 3.09. The molecular formula is C13H17N3O4. The average Bonchev–Trinajstić information content (AvgIpc) is 2.48. The molecule has 2 N–H and O–H groups in total. The van der Waals surface area contributed by atoms with Crippen LogP contribution in [0, 0.1) is 0 Å². The lowest BCUT2D eigenvalue weighted by Crippen LogP contribution is -2.55. The van der Waals surface area contributed by atoms with Crippen LogP contribution in [0.25, 0.3) is 0 Å². The Balaban J connectivity index is 1.83. The van der Waals surface area contributed by atoms with Crippen molar-refractivity contribution >= 4 is 12.0 Å². The molecule has 0 aromatic carbocycles. The quantitative estimate of drug-likeness (QED) is 0.816. The van der Waals surface area contributed by atoms with Crippen LogP contribution in [0.4, 0.5) is 4.79 Å². The highest BCUT2D eigenvalue weighted by atomic mass is 16.5. The van der Waals surface area contributed by atoms with E-state index < -0.39 is 12.0 Å². The fourth-order valence-corrected chi connectivity index (χ4v) is 2.01. The van der Waals surface area contributed by atoms with Gasteiger partial charge in [0.2, 0.25) is 0 Å². The first kappa shape index (κ1) is 14.3. The van der Waals surface area contributed by atoms with Crippen molar-refractivity contribution in [2.45, 2.75) is 12.5 Å². The van der Waals surface area contributed by atoms with Crippen LogP contribution < -0.4 is 5.32 Å². The second-order valence-electron chi connectivity index (χ2n) is 4.47. The number of rotatable bonds is 4. The Kier molecular flexibility index (Phi) is 4.89. The summed E-state index contributed by atoms with van der Waals surface area (Å²) in [4.78, 5) is 28.3. The van der Waals surface area contributed by atoms with Gasteiger partial charge in [-0.05, 0) is 18.1 Å². The predicted octanol–water partition coefficient (Wildman–Crippen LogP) is 0.119. The maximum atomic E-state index is 12.0. The molecule has 0 saturated carbocycles. The molecule has 2 amide bonds.